The highest BCUT2D eigenvalue weighted by Crippen LogP contribution is 2.23. The van der Waals surface area contributed by atoms with Gasteiger partial charge in [-0.15, -0.1) is 0 Å². The molecule has 0 bridgehead atoms. The average Bonchev–Trinajstić information content (AvgIpc) is 2.25. The molecule has 0 aromatic rings. The zero-order chi connectivity index (χ0) is 12.1. The Morgan fingerprint density at radius 1 is 1.50 bits per heavy atom. The van der Waals surface area contributed by atoms with E-state index in [1.54, 1.807) is 4.90 Å². The van der Waals surface area contributed by atoms with Gasteiger partial charge >= 0.3 is 5.97 Å². The Balaban J connectivity index is 2.46. The summed E-state index contributed by atoms with van der Waals surface area (Å²) < 4.78 is 0. The summed E-state index contributed by atoms with van der Waals surface area (Å²) in [4.78, 5) is 24.4. The molecule has 0 aromatic heterocycles. The van der Waals surface area contributed by atoms with Crippen LogP contribution in [-0.4, -0.2) is 41.0 Å². The lowest BCUT2D eigenvalue weighted by Crippen LogP contribution is -2.46. The molecule has 1 heterocycles. The van der Waals surface area contributed by atoms with E-state index < -0.39 is 5.97 Å². The van der Waals surface area contributed by atoms with Crippen molar-refractivity contribution in [2.75, 3.05) is 13.1 Å². The van der Waals surface area contributed by atoms with E-state index in [0.29, 0.717) is 38.8 Å². The zero-order valence-corrected chi connectivity index (χ0v) is 9.69. The molecule has 1 amide bonds. The minimum absolute atomic E-state index is 0.0279. The minimum atomic E-state index is -0.749. The summed E-state index contributed by atoms with van der Waals surface area (Å²) in [6.07, 6.45) is 2.29. The van der Waals surface area contributed by atoms with E-state index >= 15 is 0 Å². The van der Waals surface area contributed by atoms with Crippen LogP contribution in [0.15, 0.2) is 0 Å². The summed E-state index contributed by atoms with van der Waals surface area (Å²) in [6.45, 7) is 2.99. The quantitative estimate of drug-likeness (QED) is 0.731. The van der Waals surface area contributed by atoms with Gasteiger partial charge in [0.15, 0.2) is 0 Å². The van der Waals surface area contributed by atoms with Crippen molar-refractivity contribution in [2.24, 2.45) is 11.7 Å². The van der Waals surface area contributed by atoms with Crippen LogP contribution in [0.5, 0.6) is 0 Å². The molecular weight excluding hydrogens is 208 g/mol. The number of amides is 1. The molecule has 5 heteroatoms. The molecule has 1 aliphatic rings. The number of rotatable bonds is 4. The molecule has 1 rings (SSSR count). The molecule has 5 nitrogen and oxygen atoms in total. The van der Waals surface area contributed by atoms with E-state index in [9.17, 15) is 9.59 Å². The number of hydrogen-bond donors (Lipinski definition) is 2. The van der Waals surface area contributed by atoms with Crippen molar-refractivity contribution >= 4 is 11.9 Å². The fraction of sp³-hybridized carbons (Fsp3) is 0.818. The second-order valence-corrected chi connectivity index (χ2v) is 4.39. The number of carboxylic acids is 1. The Hall–Kier alpha value is -1.10. The van der Waals surface area contributed by atoms with Crippen molar-refractivity contribution in [3.63, 3.8) is 0 Å². The lowest BCUT2D eigenvalue weighted by atomic mass is 9.91. The highest BCUT2D eigenvalue weighted by atomic mass is 16.4. The maximum Gasteiger partial charge on any atom is 0.306 e. The van der Waals surface area contributed by atoms with Crippen molar-refractivity contribution in [1.82, 2.24) is 4.90 Å². The fourth-order valence-electron chi connectivity index (χ4n) is 2.16. The van der Waals surface area contributed by atoms with Crippen LogP contribution in [0.2, 0.25) is 0 Å². The Morgan fingerprint density at radius 3 is 2.69 bits per heavy atom. The molecule has 2 unspecified atom stereocenters. The van der Waals surface area contributed by atoms with Crippen LogP contribution in [0.4, 0.5) is 0 Å². The van der Waals surface area contributed by atoms with Crippen LogP contribution in [0, 0.1) is 5.92 Å². The summed E-state index contributed by atoms with van der Waals surface area (Å²) in [7, 11) is 0. The monoisotopic (exact) mass is 228 g/mol. The lowest BCUT2D eigenvalue weighted by molar-refractivity contribution is -0.147. The number of carbonyl (C=O) groups is 2. The first-order chi connectivity index (χ1) is 7.56. The highest BCUT2D eigenvalue weighted by Gasteiger charge is 2.31. The lowest BCUT2D eigenvalue weighted by Gasteiger charge is -2.36. The van der Waals surface area contributed by atoms with Gasteiger partial charge in [0, 0.05) is 19.0 Å². The molecule has 16 heavy (non-hydrogen) atoms. The summed E-state index contributed by atoms with van der Waals surface area (Å²) in [5.74, 6) is -0.948. The van der Waals surface area contributed by atoms with E-state index in [2.05, 4.69) is 0 Å². The number of piperidine rings is 1. The molecule has 0 aromatic carbocycles. The van der Waals surface area contributed by atoms with Gasteiger partial charge < -0.3 is 15.7 Å². The number of carboxylic acid groups (broad SMARTS) is 1. The van der Waals surface area contributed by atoms with E-state index in [4.69, 9.17) is 10.8 Å². The third-order valence-corrected chi connectivity index (χ3v) is 3.14. The van der Waals surface area contributed by atoms with E-state index in [0.717, 1.165) is 0 Å². The number of nitrogens with two attached hydrogens (primary N) is 1. The normalized spacial score (nSPS) is 25.5. The van der Waals surface area contributed by atoms with Gasteiger partial charge in [-0.3, -0.25) is 9.59 Å². The average molecular weight is 228 g/mol. The minimum Gasteiger partial charge on any atom is -0.481 e. The first-order valence-electron chi connectivity index (χ1n) is 5.78. The Labute approximate surface area is 95.6 Å². The Bertz CT molecular complexity index is 268. The smallest absolute Gasteiger partial charge is 0.306 e. The predicted molar refractivity (Wildman–Crippen MR) is 59.8 cm³/mol. The maximum absolute atomic E-state index is 11.8. The van der Waals surface area contributed by atoms with Crippen LogP contribution >= 0.6 is 0 Å². The molecule has 1 fully saturated rings. The van der Waals surface area contributed by atoms with Crippen LogP contribution in [-0.2, 0) is 9.59 Å². The predicted octanol–water partition coefficient (Wildman–Crippen LogP) is 0.437. The van der Waals surface area contributed by atoms with E-state index in [-0.39, 0.29) is 17.9 Å². The van der Waals surface area contributed by atoms with Crippen molar-refractivity contribution in [3.8, 4) is 0 Å². The Morgan fingerprint density at radius 2 is 2.19 bits per heavy atom. The topological polar surface area (TPSA) is 83.6 Å². The van der Waals surface area contributed by atoms with E-state index in [1.807, 2.05) is 6.92 Å². The van der Waals surface area contributed by atoms with Crippen LogP contribution < -0.4 is 5.73 Å². The number of hydrogen-bond acceptors (Lipinski definition) is 3. The van der Waals surface area contributed by atoms with Crippen LogP contribution in [0.25, 0.3) is 0 Å². The number of likely N-dealkylation sites (tertiary alicyclic amines) is 1. The van der Waals surface area contributed by atoms with Gasteiger partial charge in [0.05, 0.1) is 5.92 Å². The molecule has 3 N–H and O–H groups in total. The van der Waals surface area contributed by atoms with Crippen molar-refractivity contribution in [2.45, 2.75) is 38.6 Å². The molecule has 0 aliphatic carbocycles. The maximum atomic E-state index is 11.8. The number of nitrogens with zero attached hydrogens (tertiary/aromatic N) is 1. The van der Waals surface area contributed by atoms with Gasteiger partial charge in [0.25, 0.3) is 0 Å². The summed E-state index contributed by atoms with van der Waals surface area (Å²) in [5, 5.41) is 8.90. The molecule has 0 saturated carbocycles. The summed E-state index contributed by atoms with van der Waals surface area (Å²) in [6, 6.07) is 0.0279. The standard InChI is InChI=1S/C11H20N2O3/c1-8-7-9(11(15)16)4-6-13(8)10(14)3-2-5-12/h8-9H,2-7,12H2,1H3,(H,15,16). The highest BCUT2D eigenvalue weighted by molar-refractivity contribution is 5.77. The molecule has 1 saturated heterocycles. The molecule has 0 spiro atoms. The van der Waals surface area contributed by atoms with Crippen LogP contribution in [0.3, 0.4) is 0 Å². The van der Waals surface area contributed by atoms with Gasteiger partial charge in [-0.1, -0.05) is 0 Å². The molecule has 2 atom stereocenters. The number of aliphatic carboxylic acids is 1. The third kappa shape index (κ3) is 3.20. The van der Waals surface area contributed by atoms with Gasteiger partial charge in [-0.2, -0.15) is 0 Å². The van der Waals surface area contributed by atoms with E-state index in [1.165, 1.54) is 0 Å². The van der Waals surface area contributed by atoms with Crippen molar-refractivity contribution in [1.29, 1.82) is 0 Å². The van der Waals surface area contributed by atoms with Gasteiger partial charge in [0.1, 0.15) is 0 Å². The fourth-order valence-corrected chi connectivity index (χ4v) is 2.16. The van der Waals surface area contributed by atoms with Crippen molar-refractivity contribution in [3.05, 3.63) is 0 Å². The molecule has 1 aliphatic heterocycles. The first-order valence-corrected chi connectivity index (χ1v) is 5.78. The Kier molecular flexibility index (Phi) is 4.73. The second kappa shape index (κ2) is 5.84. The second-order valence-electron chi connectivity index (χ2n) is 4.39. The summed E-state index contributed by atoms with van der Waals surface area (Å²) in [5.41, 5.74) is 5.35. The van der Waals surface area contributed by atoms with Gasteiger partial charge in [0.2, 0.25) is 5.91 Å². The molecule has 0 radical (unpaired) electrons. The van der Waals surface area contributed by atoms with Gasteiger partial charge in [-0.25, -0.2) is 0 Å². The third-order valence-electron chi connectivity index (χ3n) is 3.14. The first kappa shape index (κ1) is 13.0. The summed E-state index contributed by atoms with van der Waals surface area (Å²) >= 11 is 0. The van der Waals surface area contributed by atoms with Gasteiger partial charge in [-0.05, 0) is 32.7 Å². The zero-order valence-electron chi connectivity index (χ0n) is 9.69. The number of carbonyl (C=O) groups excluding carboxylic acids is 1. The molecular formula is C11H20N2O3. The SMILES string of the molecule is CC1CC(C(=O)O)CCN1C(=O)CCCN. The largest absolute Gasteiger partial charge is 0.481 e. The van der Waals surface area contributed by atoms with Crippen molar-refractivity contribution < 1.29 is 14.7 Å². The van der Waals surface area contributed by atoms with Crippen LogP contribution in [0.1, 0.15) is 32.6 Å². The molecule has 92 valence electrons.